The van der Waals surface area contributed by atoms with Crippen LogP contribution in [-0.2, 0) is 4.79 Å². The molecular weight excluding hydrogens is 244 g/mol. The van der Waals surface area contributed by atoms with Gasteiger partial charge in [-0.05, 0) is 30.1 Å². The van der Waals surface area contributed by atoms with Gasteiger partial charge in [0.25, 0.3) is 0 Å². The molecule has 2 atom stereocenters. The second kappa shape index (κ2) is 6.26. The lowest BCUT2D eigenvalue weighted by atomic mass is 9.94. The minimum absolute atomic E-state index is 0.00420. The molecule has 5 heteroatoms. The molecule has 0 radical (unpaired) electrons. The van der Waals surface area contributed by atoms with E-state index in [4.69, 9.17) is 5.11 Å². The van der Waals surface area contributed by atoms with E-state index in [0.29, 0.717) is 12.5 Å². The minimum atomic E-state index is -0.809. The van der Waals surface area contributed by atoms with Crippen molar-refractivity contribution in [3.05, 3.63) is 0 Å². The Labute approximate surface area is 115 Å². The Morgan fingerprint density at radius 2 is 1.95 bits per heavy atom. The van der Waals surface area contributed by atoms with E-state index in [1.807, 2.05) is 0 Å². The molecule has 0 aromatic heterocycles. The van der Waals surface area contributed by atoms with Gasteiger partial charge in [0.05, 0.1) is 0 Å². The van der Waals surface area contributed by atoms with Gasteiger partial charge in [-0.15, -0.1) is 0 Å². The van der Waals surface area contributed by atoms with Crippen LogP contribution in [0.5, 0.6) is 0 Å². The van der Waals surface area contributed by atoms with Gasteiger partial charge in [-0.1, -0.05) is 27.7 Å². The first-order chi connectivity index (χ1) is 8.70. The van der Waals surface area contributed by atoms with E-state index in [2.05, 4.69) is 38.3 Å². The number of hydrogen-bond donors (Lipinski definition) is 3. The van der Waals surface area contributed by atoms with Gasteiger partial charge < -0.3 is 15.7 Å². The van der Waals surface area contributed by atoms with E-state index in [-0.39, 0.29) is 29.8 Å². The Bertz CT molecular complexity index is 340. The fourth-order valence-electron chi connectivity index (χ4n) is 2.31. The molecule has 19 heavy (non-hydrogen) atoms. The highest BCUT2D eigenvalue weighted by atomic mass is 16.4. The second-order valence-corrected chi connectivity index (χ2v) is 6.69. The fourth-order valence-corrected chi connectivity index (χ4v) is 2.31. The van der Waals surface area contributed by atoms with E-state index in [1.165, 1.54) is 0 Å². The van der Waals surface area contributed by atoms with Crippen molar-refractivity contribution in [1.29, 1.82) is 0 Å². The lowest BCUT2D eigenvalue weighted by Crippen LogP contribution is -2.41. The van der Waals surface area contributed by atoms with E-state index in [0.717, 1.165) is 12.8 Å². The van der Waals surface area contributed by atoms with E-state index < -0.39 is 5.97 Å². The van der Waals surface area contributed by atoms with Gasteiger partial charge >= 0.3 is 12.0 Å². The van der Waals surface area contributed by atoms with Crippen LogP contribution in [0.15, 0.2) is 0 Å². The van der Waals surface area contributed by atoms with Crippen LogP contribution in [0, 0.1) is 17.3 Å². The zero-order valence-electron chi connectivity index (χ0n) is 12.3. The molecule has 0 bridgehead atoms. The fraction of sp³-hybridized carbons (Fsp3) is 0.857. The summed E-state index contributed by atoms with van der Waals surface area (Å²) in [5.41, 5.74) is 0.204. The van der Waals surface area contributed by atoms with Crippen molar-refractivity contribution in [2.24, 2.45) is 17.3 Å². The molecule has 2 unspecified atom stereocenters. The highest BCUT2D eigenvalue weighted by Gasteiger charge is 2.46. The number of carbonyl (C=O) groups is 2. The molecule has 1 aliphatic carbocycles. The van der Waals surface area contributed by atoms with Crippen molar-refractivity contribution >= 4 is 12.0 Å². The molecule has 0 aromatic carbocycles. The molecule has 0 aromatic rings. The molecule has 0 spiro atoms. The first kappa shape index (κ1) is 15.8. The van der Waals surface area contributed by atoms with Crippen LogP contribution >= 0.6 is 0 Å². The summed E-state index contributed by atoms with van der Waals surface area (Å²) in [4.78, 5) is 22.5. The third-order valence-electron chi connectivity index (χ3n) is 3.64. The van der Waals surface area contributed by atoms with E-state index in [1.54, 1.807) is 0 Å². The van der Waals surface area contributed by atoms with Crippen molar-refractivity contribution in [1.82, 2.24) is 10.6 Å². The third-order valence-corrected chi connectivity index (χ3v) is 3.64. The third kappa shape index (κ3) is 5.94. The van der Waals surface area contributed by atoms with Gasteiger partial charge in [-0.3, -0.25) is 4.79 Å². The summed E-state index contributed by atoms with van der Waals surface area (Å²) in [6.45, 7) is 8.76. The molecule has 110 valence electrons. The van der Waals surface area contributed by atoms with Crippen LogP contribution in [0.3, 0.4) is 0 Å². The number of rotatable bonds is 7. The number of aliphatic carboxylic acids is 1. The maximum Gasteiger partial charge on any atom is 0.315 e. The summed E-state index contributed by atoms with van der Waals surface area (Å²) < 4.78 is 0. The predicted octanol–water partition coefficient (Wildman–Crippen LogP) is 2.22. The van der Waals surface area contributed by atoms with E-state index >= 15 is 0 Å². The minimum Gasteiger partial charge on any atom is -0.481 e. The molecule has 0 aliphatic heterocycles. The normalized spacial score (nSPS) is 21.8. The Kier molecular flexibility index (Phi) is 5.20. The monoisotopic (exact) mass is 270 g/mol. The number of carboxylic acids is 1. The zero-order valence-corrected chi connectivity index (χ0v) is 12.3. The largest absolute Gasteiger partial charge is 0.481 e. The van der Waals surface area contributed by atoms with Crippen LogP contribution in [0.1, 0.15) is 47.0 Å². The Hall–Kier alpha value is -1.26. The van der Waals surface area contributed by atoms with Gasteiger partial charge in [0.1, 0.15) is 0 Å². The molecule has 1 fully saturated rings. The topological polar surface area (TPSA) is 78.4 Å². The molecule has 1 rings (SSSR count). The summed E-state index contributed by atoms with van der Waals surface area (Å²) in [7, 11) is 0. The molecule has 0 saturated heterocycles. The molecule has 1 aliphatic rings. The van der Waals surface area contributed by atoms with Crippen LogP contribution in [0.25, 0.3) is 0 Å². The molecule has 0 heterocycles. The maximum absolute atomic E-state index is 11.7. The highest BCUT2D eigenvalue weighted by molar-refractivity contribution is 5.75. The van der Waals surface area contributed by atoms with Crippen LogP contribution in [-0.4, -0.2) is 29.7 Å². The number of nitrogens with one attached hydrogen (secondary N) is 2. The van der Waals surface area contributed by atoms with Crippen molar-refractivity contribution in [3.8, 4) is 0 Å². The Morgan fingerprint density at radius 1 is 1.37 bits per heavy atom. The first-order valence-corrected chi connectivity index (χ1v) is 6.97. The van der Waals surface area contributed by atoms with Gasteiger partial charge in [-0.25, -0.2) is 4.79 Å². The first-order valence-electron chi connectivity index (χ1n) is 6.97. The molecule has 2 amide bonds. The SMILES string of the molecule is CC(C)CC(CNC(=O)NC1CC1(C)C)CC(=O)O. The number of urea groups is 1. The van der Waals surface area contributed by atoms with Crippen molar-refractivity contribution in [3.63, 3.8) is 0 Å². The summed E-state index contributed by atoms with van der Waals surface area (Å²) in [6, 6.07) is 0.0604. The summed E-state index contributed by atoms with van der Waals surface area (Å²) in [5, 5.41) is 14.6. The maximum atomic E-state index is 11.7. The quantitative estimate of drug-likeness (QED) is 0.663. The lowest BCUT2D eigenvalue weighted by Gasteiger charge is -2.18. The molecule has 5 nitrogen and oxygen atoms in total. The summed E-state index contributed by atoms with van der Waals surface area (Å²) >= 11 is 0. The number of hydrogen-bond acceptors (Lipinski definition) is 2. The average Bonchev–Trinajstić information content (AvgIpc) is 2.80. The van der Waals surface area contributed by atoms with E-state index in [9.17, 15) is 9.59 Å². The van der Waals surface area contributed by atoms with Crippen molar-refractivity contribution in [2.75, 3.05) is 6.54 Å². The molecule has 1 saturated carbocycles. The van der Waals surface area contributed by atoms with Crippen LogP contribution < -0.4 is 10.6 Å². The van der Waals surface area contributed by atoms with Gasteiger partial charge in [0, 0.05) is 19.0 Å². The van der Waals surface area contributed by atoms with Gasteiger partial charge in [0.2, 0.25) is 0 Å². The molecular formula is C14H26N2O3. The smallest absolute Gasteiger partial charge is 0.315 e. The average molecular weight is 270 g/mol. The Morgan fingerprint density at radius 3 is 2.37 bits per heavy atom. The number of carbonyl (C=O) groups excluding carboxylic acids is 1. The molecule has 3 N–H and O–H groups in total. The summed E-state index contributed by atoms with van der Waals surface area (Å²) in [5.74, 6) is -0.386. The van der Waals surface area contributed by atoms with Gasteiger partial charge in [-0.2, -0.15) is 0 Å². The predicted molar refractivity (Wildman–Crippen MR) is 73.9 cm³/mol. The highest BCUT2D eigenvalue weighted by Crippen LogP contribution is 2.44. The van der Waals surface area contributed by atoms with Crippen molar-refractivity contribution < 1.29 is 14.7 Å². The Balaban J connectivity index is 2.30. The number of amides is 2. The summed E-state index contributed by atoms with van der Waals surface area (Å²) in [6.07, 6.45) is 1.92. The van der Waals surface area contributed by atoms with Crippen molar-refractivity contribution in [2.45, 2.75) is 53.0 Å². The van der Waals surface area contributed by atoms with Gasteiger partial charge in [0.15, 0.2) is 0 Å². The second-order valence-electron chi connectivity index (χ2n) is 6.69. The van der Waals surface area contributed by atoms with Crippen LogP contribution in [0.4, 0.5) is 4.79 Å². The number of carboxylic acid groups (broad SMARTS) is 1. The zero-order chi connectivity index (χ0) is 14.6. The lowest BCUT2D eigenvalue weighted by molar-refractivity contribution is -0.138. The van der Waals surface area contributed by atoms with Crippen LogP contribution in [0.2, 0.25) is 0 Å². The standard InChI is InChI=1S/C14H26N2O3/c1-9(2)5-10(6-12(17)18)8-15-13(19)16-11-7-14(11,3)4/h9-11H,5-8H2,1-4H3,(H,17,18)(H2,15,16,19).